The molecule has 0 aromatic heterocycles. The van der Waals surface area contributed by atoms with Crippen molar-refractivity contribution in [3.8, 4) is 0 Å². The van der Waals surface area contributed by atoms with Crippen molar-refractivity contribution in [2.45, 2.75) is 46.0 Å². The Morgan fingerprint density at radius 2 is 1.69 bits per heavy atom. The van der Waals surface area contributed by atoms with Gasteiger partial charge in [0.15, 0.2) is 0 Å². The van der Waals surface area contributed by atoms with Gasteiger partial charge < -0.3 is 19.8 Å². The van der Waals surface area contributed by atoms with Gasteiger partial charge in [-0.2, -0.15) is 0 Å². The van der Waals surface area contributed by atoms with Crippen LogP contribution in [-0.4, -0.2) is 26.4 Å². The first kappa shape index (κ1) is 18.2. The monoisotopic (exact) mass is 254 g/mol. The zero-order chi connectivity index (χ0) is 13.0. The third kappa shape index (κ3) is 29.2. The molecule has 0 rings (SSSR count). The summed E-state index contributed by atoms with van der Waals surface area (Å²) in [7, 11) is -4.64. The molecule has 98 valence electrons. The van der Waals surface area contributed by atoms with Crippen molar-refractivity contribution >= 4 is 7.82 Å². The largest absolute Gasteiger partial charge is 0.466 e. The van der Waals surface area contributed by atoms with Crippen molar-refractivity contribution in [1.82, 2.24) is 0 Å². The van der Waals surface area contributed by atoms with E-state index in [1.54, 1.807) is 0 Å². The molecular weight excluding hydrogens is 231 g/mol. The van der Waals surface area contributed by atoms with E-state index in [9.17, 15) is 0 Å². The number of aliphatic hydroxyl groups is 1. The van der Waals surface area contributed by atoms with Crippen LogP contribution >= 0.6 is 7.82 Å². The van der Waals surface area contributed by atoms with Crippen LogP contribution in [0.3, 0.4) is 0 Å². The van der Waals surface area contributed by atoms with E-state index in [1.807, 2.05) is 6.08 Å². The molecule has 0 heterocycles. The highest BCUT2D eigenvalue weighted by Gasteiger charge is 2.00. The maximum absolute atomic E-state index is 8.88. The van der Waals surface area contributed by atoms with Crippen LogP contribution in [0.15, 0.2) is 11.6 Å². The summed E-state index contributed by atoms with van der Waals surface area (Å²) in [5.41, 5.74) is 1.32. The Balaban J connectivity index is 0. The van der Waals surface area contributed by atoms with Crippen LogP contribution in [0.4, 0.5) is 0 Å². The van der Waals surface area contributed by atoms with Crippen molar-refractivity contribution in [3.63, 3.8) is 0 Å². The van der Waals surface area contributed by atoms with Gasteiger partial charge in [-0.05, 0) is 19.8 Å². The second-order valence-corrected chi connectivity index (χ2v) is 4.58. The van der Waals surface area contributed by atoms with Crippen LogP contribution in [0, 0.1) is 0 Å². The summed E-state index contributed by atoms with van der Waals surface area (Å²) in [6.45, 7) is 4.50. The maximum Gasteiger partial charge on any atom is 0.466 e. The molecule has 0 aliphatic carbocycles. The first-order chi connectivity index (χ1) is 7.31. The van der Waals surface area contributed by atoms with Crippen LogP contribution in [0.1, 0.15) is 46.0 Å². The zero-order valence-electron chi connectivity index (χ0n) is 9.96. The molecule has 0 spiro atoms. The molecule has 16 heavy (non-hydrogen) atoms. The highest BCUT2D eigenvalue weighted by atomic mass is 31.2. The Hall–Kier alpha value is -0.190. The molecule has 0 saturated heterocycles. The Kier molecular flexibility index (Phi) is 12.8. The minimum absolute atomic E-state index is 0.194. The van der Waals surface area contributed by atoms with E-state index in [0.29, 0.717) is 0 Å². The zero-order valence-corrected chi connectivity index (χ0v) is 10.9. The number of allylic oxidation sites excluding steroid dienone is 1. The maximum atomic E-state index is 8.88. The molecule has 0 atom stereocenters. The lowest BCUT2D eigenvalue weighted by atomic mass is 10.1. The van der Waals surface area contributed by atoms with Gasteiger partial charge in [0.2, 0.25) is 0 Å². The van der Waals surface area contributed by atoms with E-state index in [2.05, 4.69) is 13.8 Å². The highest BCUT2D eigenvalue weighted by Crippen LogP contribution is 2.25. The van der Waals surface area contributed by atoms with Gasteiger partial charge in [-0.3, -0.25) is 0 Å². The molecule has 0 aliphatic rings. The topological polar surface area (TPSA) is 98.0 Å². The third-order valence-corrected chi connectivity index (χ3v) is 1.86. The summed E-state index contributed by atoms with van der Waals surface area (Å²) >= 11 is 0. The first-order valence-electron chi connectivity index (χ1n) is 5.36. The fraction of sp³-hybridized carbons (Fsp3) is 0.800. The minimum atomic E-state index is -4.64. The van der Waals surface area contributed by atoms with Crippen molar-refractivity contribution in [3.05, 3.63) is 11.6 Å². The molecule has 0 radical (unpaired) electrons. The molecule has 5 nitrogen and oxygen atoms in total. The number of aliphatic hydroxyl groups excluding tert-OH is 1. The van der Waals surface area contributed by atoms with Crippen LogP contribution in [0.2, 0.25) is 0 Å². The van der Waals surface area contributed by atoms with E-state index in [-0.39, 0.29) is 6.61 Å². The lowest BCUT2D eigenvalue weighted by Gasteiger charge is -1.99. The summed E-state index contributed by atoms with van der Waals surface area (Å²) < 4.78 is 8.88. The molecule has 6 heteroatoms. The lowest BCUT2D eigenvalue weighted by molar-refractivity contribution is 0.275. The fourth-order valence-electron chi connectivity index (χ4n) is 1.09. The van der Waals surface area contributed by atoms with Gasteiger partial charge >= 0.3 is 7.82 Å². The summed E-state index contributed by atoms with van der Waals surface area (Å²) in [6, 6.07) is 0. The van der Waals surface area contributed by atoms with Gasteiger partial charge in [-0.1, -0.05) is 37.8 Å². The molecule has 0 amide bonds. The average Bonchev–Trinajstić information content (AvgIpc) is 2.10. The number of phosphoric acid groups is 1. The quantitative estimate of drug-likeness (QED) is 0.330. The summed E-state index contributed by atoms with van der Waals surface area (Å²) in [6.07, 6.45) is 8.28. The normalized spacial score (nSPS) is 12.0. The summed E-state index contributed by atoms with van der Waals surface area (Å²) in [5.74, 6) is 0. The summed E-state index contributed by atoms with van der Waals surface area (Å²) in [5, 5.41) is 8.56. The van der Waals surface area contributed by atoms with Crippen LogP contribution in [0.25, 0.3) is 0 Å². The number of rotatable bonds is 6. The second-order valence-electron chi connectivity index (χ2n) is 3.56. The lowest BCUT2D eigenvalue weighted by Crippen LogP contribution is -1.82. The smallest absolute Gasteiger partial charge is 0.392 e. The molecule has 0 aromatic rings. The van der Waals surface area contributed by atoms with Gasteiger partial charge in [0, 0.05) is 0 Å². The van der Waals surface area contributed by atoms with Crippen LogP contribution < -0.4 is 0 Å². The van der Waals surface area contributed by atoms with Crippen molar-refractivity contribution in [2.75, 3.05) is 6.61 Å². The van der Waals surface area contributed by atoms with Crippen molar-refractivity contribution < 1.29 is 24.4 Å². The fourth-order valence-corrected chi connectivity index (χ4v) is 1.09. The number of hydrogen-bond acceptors (Lipinski definition) is 2. The Bertz CT molecular complexity index is 213. The predicted molar refractivity (Wildman–Crippen MR) is 63.9 cm³/mol. The van der Waals surface area contributed by atoms with Gasteiger partial charge in [0.1, 0.15) is 0 Å². The van der Waals surface area contributed by atoms with Crippen LogP contribution in [0.5, 0.6) is 0 Å². The van der Waals surface area contributed by atoms with E-state index in [1.165, 1.54) is 31.3 Å². The molecular formula is C10H23O5P. The predicted octanol–water partition coefficient (Wildman–Crippen LogP) is 1.97. The average molecular weight is 254 g/mol. The molecule has 0 unspecified atom stereocenters. The van der Waals surface area contributed by atoms with Gasteiger partial charge in [-0.15, -0.1) is 0 Å². The molecule has 0 aliphatic heterocycles. The van der Waals surface area contributed by atoms with Crippen LogP contribution in [-0.2, 0) is 4.57 Å². The summed E-state index contributed by atoms with van der Waals surface area (Å²) in [4.78, 5) is 21.6. The van der Waals surface area contributed by atoms with E-state index < -0.39 is 7.82 Å². The van der Waals surface area contributed by atoms with Gasteiger partial charge in [0.05, 0.1) is 6.61 Å². The molecule has 4 N–H and O–H groups in total. The van der Waals surface area contributed by atoms with Gasteiger partial charge in [0.25, 0.3) is 0 Å². The number of hydrogen-bond donors (Lipinski definition) is 4. The third-order valence-electron chi connectivity index (χ3n) is 1.86. The Morgan fingerprint density at radius 1 is 1.19 bits per heavy atom. The Labute approximate surface area is 97.1 Å². The molecule has 0 bridgehead atoms. The molecule has 0 saturated carbocycles. The van der Waals surface area contributed by atoms with Crippen molar-refractivity contribution in [1.29, 1.82) is 0 Å². The van der Waals surface area contributed by atoms with E-state index in [0.717, 1.165) is 6.42 Å². The molecule has 0 fully saturated rings. The second kappa shape index (κ2) is 11.3. The minimum Gasteiger partial charge on any atom is -0.392 e. The highest BCUT2D eigenvalue weighted by molar-refractivity contribution is 7.45. The van der Waals surface area contributed by atoms with Gasteiger partial charge in [-0.25, -0.2) is 4.57 Å². The van der Waals surface area contributed by atoms with Crippen molar-refractivity contribution in [2.24, 2.45) is 0 Å². The van der Waals surface area contributed by atoms with E-state index >= 15 is 0 Å². The number of unbranched alkanes of at least 4 members (excludes halogenated alkanes) is 3. The Morgan fingerprint density at radius 3 is 2.06 bits per heavy atom. The first-order valence-corrected chi connectivity index (χ1v) is 6.92. The van der Waals surface area contributed by atoms with E-state index in [4.69, 9.17) is 24.4 Å². The molecule has 0 aromatic carbocycles. The SMILES string of the molecule is CCCCCCC(C)=CCO.O=P(O)(O)O. The standard InChI is InChI=1S/C10H20O.H3O4P/c1-3-4-5-6-7-10(2)8-9-11;1-5(2,3)4/h8,11H,3-7,9H2,1-2H3;(H3,1,2,3,4).